The molecule has 20 heavy (non-hydrogen) atoms. The molecule has 1 aromatic carbocycles. The second-order valence-electron chi connectivity index (χ2n) is 4.67. The van der Waals surface area contributed by atoms with Crippen LogP contribution in [0.4, 0.5) is 4.39 Å². The van der Waals surface area contributed by atoms with Crippen LogP contribution in [0.25, 0.3) is 10.4 Å². The molecule has 1 atom stereocenters. The fraction of sp³-hybridized carbons (Fsp3) is 0.267. The van der Waals surface area contributed by atoms with Gasteiger partial charge >= 0.3 is 0 Å². The average Bonchev–Trinajstić information content (AvgIpc) is 2.95. The Labute approximate surface area is 121 Å². The van der Waals surface area contributed by atoms with Gasteiger partial charge in [0.1, 0.15) is 5.82 Å². The van der Waals surface area contributed by atoms with Gasteiger partial charge in [0.15, 0.2) is 0 Å². The minimum atomic E-state index is -0.277. The van der Waals surface area contributed by atoms with Crippen LogP contribution in [0.2, 0.25) is 0 Å². The van der Waals surface area contributed by atoms with E-state index in [-0.39, 0.29) is 24.2 Å². The summed E-state index contributed by atoms with van der Waals surface area (Å²) in [6.45, 7) is 2.35. The van der Waals surface area contributed by atoms with Gasteiger partial charge in [-0.3, -0.25) is 4.79 Å². The van der Waals surface area contributed by atoms with E-state index >= 15 is 0 Å². The van der Waals surface area contributed by atoms with Crippen LogP contribution in [-0.4, -0.2) is 24.2 Å². The molecule has 0 saturated heterocycles. The first-order valence-corrected chi connectivity index (χ1v) is 7.16. The van der Waals surface area contributed by atoms with Crippen LogP contribution in [0.3, 0.4) is 0 Å². The fourth-order valence-electron chi connectivity index (χ4n) is 1.65. The highest BCUT2D eigenvalue weighted by molar-refractivity contribution is 7.17. The molecule has 5 heteroatoms. The molecule has 0 fully saturated rings. The van der Waals surface area contributed by atoms with Crippen molar-refractivity contribution in [3.8, 4) is 10.4 Å². The van der Waals surface area contributed by atoms with Crippen molar-refractivity contribution >= 4 is 17.2 Å². The van der Waals surface area contributed by atoms with Crippen LogP contribution in [0.5, 0.6) is 0 Å². The molecular weight excluding hydrogens is 277 g/mol. The van der Waals surface area contributed by atoms with Crippen molar-refractivity contribution in [2.24, 2.45) is 5.92 Å². The van der Waals surface area contributed by atoms with Crippen molar-refractivity contribution in [2.45, 2.75) is 6.92 Å². The highest BCUT2D eigenvalue weighted by Crippen LogP contribution is 2.28. The van der Waals surface area contributed by atoms with Crippen molar-refractivity contribution < 1.29 is 14.3 Å². The monoisotopic (exact) mass is 293 g/mol. The Morgan fingerprint density at radius 1 is 1.30 bits per heavy atom. The van der Waals surface area contributed by atoms with Crippen LogP contribution < -0.4 is 5.32 Å². The molecule has 2 aromatic rings. The number of benzene rings is 1. The lowest BCUT2D eigenvalue weighted by Gasteiger charge is -2.08. The van der Waals surface area contributed by atoms with Gasteiger partial charge in [-0.25, -0.2) is 4.39 Å². The molecule has 0 aliphatic heterocycles. The first-order chi connectivity index (χ1) is 9.60. The number of nitrogens with one attached hydrogen (secondary N) is 1. The van der Waals surface area contributed by atoms with Gasteiger partial charge in [-0.15, -0.1) is 11.3 Å². The first kappa shape index (κ1) is 14.7. The lowest BCUT2D eigenvalue weighted by molar-refractivity contribution is 0.0946. The number of carbonyl (C=O) groups excluding carboxylic acids is 1. The zero-order valence-corrected chi connectivity index (χ0v) is 11.9. The van der Waals surface area contributed by atoms with E-state index in [9.17, 15) is 9.18 Å². The fourth-order valence-corrected chi connectivity index (χ4v) is 2.58. The Balaban J connectivity index is 2.05. The Kier molecular flexibility index (Phi) is 4.87. The molecule has 1 unspecified atom stereocenters. The Morgan fingerprint density at radius 3 is 2.65 bits per heavy atom. The quantitative estimate of drug-likeness (QED) is 0.890. The minimum Gasteiger partial charge on any atom is -0.396 e. The maximum absolute atomic E-state index is 12.9. The van der Waals surface area contributed by atoms with Crippen LogP contribution >= 0.6 is 11.3 Å². The number of thiophene rings is 1. The summed E-state index contributed by atoms with van der Waals surface area (Å²) in [7, 11) is 0. The van der Waals surface area contributed by atoms with Crippen LogP contribution in [0.1, 0.15) is 16.6 Å². The van der Waals surface area contributed by atoms with E-state index < -0.39 is 0 Å². The van der Waals surface area contributed by atoms with Crippen molar-refractivity contribution in [2.75, 3.05) is 13.2 Å². The van der Waals surface area contributed by atoms with Gasteiger partial charge in [0.25, 0.3) is 5.91 Å². The van der Waals surface area contributed by atoms with Gasteiger partial charge in [-0.05, 0) is 35.7 Å². The minimum absolute atomic E-state index is 0.0375. The van der Waals surface area contributed by atoms with Gasteiger partial charge in [-0.1, -0.05) is 19.1 Å². The molecule has 106 valence electrons. The summed E-state index contributed by atoms with van der Waals surface area (Å²) in [4.78, 5) is 13.4. The van der Waals surface area contributed by atoms with Gasteiger partial charge < -0.3 is 10.4 Å². The third-order valence-electron chi connectivity index (χ3n) is 2.88. The Bertz CT molecular complexity index is 580. The van der Waals surface area contributed by atoms with Crippen molar-refractivity contribution in [1.82, 2.24) is 5.32 Å². The lowest BCUT2D eigenvalue weighted by atomic mass is 10.2. The number of halogens is 1. The van der Waals surface area contributed by atoms with E-state index in [1.165, 1.54) is 23.5 Å². The summed E-state index contributed by atoms with van der Waals surface area (Å²) < 4.78 is 12.9. The second kappa shape index (κ2) is 6.63. The number of amides is 1. The zero-order chi connectivity index (χ0) is 14.5. The highest BCUT2D eigenvalue weighted by atomic mass is 32.1. The number of aliphatic hydroxyl groups is 1. The summed E-state index contributed by atoms with van der Waals surface area (Å²) >= 11 is 1.36. The predicted octanol–water partition coefficient (Wildman–Crippen LogP) is 2.91. The van der Waals surface area contributed by atoms with Crippen molar-refractivity contribution in [1.29, 1.82) is 0 Å². The van der Waals surface area contributed by atoms with E-state index in [2.05, 4.69) is 5.32 Å². The third kappa shape index (κ3) is 3.65. The average molecular weight is 293 g/mol. The molecule has 0 bridgehead atoms. The van der Waals surface area contributed by atoms with Gasteiger partial charge in [0.2, 0.25) is 0 Å². The van der Waals surface area contributed by atoms with Crippen LogP contribution in [0, 0.1) is 11.7 Å². The molecule has 0 saturated carbocycles. The maximum Gasteiger partial charge on any atom is 0.261 e. The van der Waals surface area contributed by atoms with E-state index in [0.717, 1.165) is 10.4 Å². The highest BCUT2D eigenvalue weighted by Gasteiger charge is 2.11. The summed E-state index contributed by atoms with van der Waals surface area (Å²) in [5.74, 6) is -0.389. The number of rotatable bonds is 5. The van der Waals surface area contributed by atoms with Crippen LogP contribution in [0.15, 0.2) is 36.4 Å². The van der Waals surface area contributed by atoms with Crippen molar-refractivity contribution in [3.63, 3.8) is 0 Å². The molecule has 1 amide bonds. The van der Waals surface area contributed by atoms with Crippen LogP contribution in [-0.2, 0) is 0 Å². The van der Waals surface area contributed by atoms with Gasteiger partial charge in [0, 0.05) is 18.0 Å². The maximum atomic E-state index is 12.9. The molecule has 2 N–H and O–H groups in total. The standard InChI is InChI=1S/C15H16FNO2S/c1-10(9-18)8-17-15(19)14-7-6-13(20-14)11-2-4-12(16)5-3-11/h2-7,10,18H,8-9H2,1H3,(H,17,19). The molecular formula is C15H16FNO2S. The van der Waals surface area contributed by atoms with E-state index in [4.69, 9.17) is 5.11 Å². The number of hydrogen-bond donors (Lipinski definition) is 2. The summed E-state index contributed by atoms with van der Waals surface area (Å²) in [6.07, 6.45) is 0. The van der Waals surface area contributed by atoms with E-state index in [1.54, 1.807) is 18.2 Å². The number of aliphatic hydroxyl groups excluding tert-OH is 1. The zero-order valence-electron chi connectivity index (χ0n) is 11.1. The van der Waals surface area contributed by atoms with Crippen molar-refractivity contribution in [3.05, 3.63) is 47.1 Å². The summed E-state index contributed by atoms with van der Waals surface area (Å²) in [5.41, 5.74) is 0.888. The Hall–Kier alpha value is -1.72. The SMILES string of the molecule is CC(CO)CNC(=O)c1ccc(-c2ccc(F)cc2)s1. The number of carbonyl (C=O) groups is 1. The van der Waals surface area contributed by atoms with E-state index in [1.807, 2.05) is 13.0 Å². The lowest BCUT2D eigenvalue weighted by Crippen LogP contribution is -2.28. The largest absolute Gasteiger partial charge is 0.396 e. The topological polar surface area (TPSA) is 49.3 Å². The van der Waals surface area contributed by atoms with E-state index in [0.29, 0.717) is 11.4 Å². The molecule has 1 heterocycles. The number of hydrogen-bond acceptors (Lipinski definition) is 3. The van der Waals surface area contributed by atoms with Gasteiger partial charge in [0.05, 0.1) is 4.88 Å². The smallest absolute Gasteiger partial charge is 0.261 e. The second-order valence-corrected chi connectivity index (χ2v) is 5.75. The summed E-state index contributed by atoms with van der Waals surface area (Å²) in [5, 5.41) is 11.7. The molecule has 0 radical (unpaired) electrons. The first-order valence-electron chi connectivity index (χ1n) is 6.35. The molecule has 0 aliphatic rings. The summed E-state index contributed by atoms with van der Waals surface area (Å²) in [6, 6.07) is 9.79. The molecule has 3 nitrogen and oxygen atoms in total. The Morgan fingerprint density at radius 2 is 2.00 bits per heavy atom. The molecule has 0 aliphatic carbocycles. The predicted molar refractivity (Wildman–Crippen MR) is 78.3 cm³/mol. The van der Waals surface area contributed by atoms with Gasteiger partial charge in [-0.2, -0.15) is 0 Å². The third-order valence-corrected chi connectivity index (χ3v) is 4.01. The molecule has 1 aromatic heterocycles. The normalized spacial score (nSPS) is 12.2. The molecule has 2 rings (SSSR count). The molecule has 0 spiro atoms.